The van der Waals surface area contributed by atoms with Crippen LogP contribution in [0, 0.1) is 5.92 Å². The standard InChI is InChI=1S/C10H17N3O3/c11-10(15)12-4-1-3-8(7-12)9(14)13-5-2-6-16-13/h8H,1-7H2,(H2,11,15). The largest absolute Gasteiger partial charge is 0.351 e. The van der Waals surface area contributed by atoms with E-state index in [-0.39, 0.29) is 11.8 Å². The number of likely N-dealkylation sites (tertiary alicyclic amines) is 1. The molecule has 0 spiro atoms. The van der Waals surface area contributed by atoms with Crippen LogP contribution in [0.15, 0.2) is 0 Å². The average molecular weight is 227 g/mol. The van der Waals surface area contributed by atoms with Crippen LogP contribution in [0.3, 0.4) is 0 Å². The van der Waals surface area contributed by atoms with Crippen LogP contribution in [0.1, 0.15) is 19.3 Å². The van der Waals surface area contributed by atoms with Crippen molar-refractivity contribution in [2.24, 2.45) is 11.7 Å². The van der Waals surface area contributed by atoms with Gasteiger partial charge in [0.1, 0.15) is 0 Å². The summed E-state index contributed by atoms with van der Waals surface area (Å²) in [5.74, 6) is -0.164. The molecule has 2 fully saturated rings. The maximum absolute atomic E-state index is 12.0. The first-order valence-corrected chi connectivity index (χ1v) is 5.67. The zero-order chi connectivity index (χ0) is 11.5. The number of piperidine rings is 1. The van der Waals surface area contributed by atoms with Crippen molar-refractivity contribution in [2.45, 2.75) is 19.3 Å². The van der Waals surface area contributed by atoms with Crippen LogP contribution in [0.25, 0.3) is 0 Å². The number of hydroxylamine groups is 2. The van der Waals surface area contributed by atoms with Crippen LogP contribution < -0.4 is 5.73 Å². The summed E-state index contributed by atoms with van der Waals surface area (Å²) < 4.78 is 0. The predicted octanol–water partition coefficient (Wildman–Crippen LogP) is -0.0590. The van der Waals surface area contributed by atoms with Gasteiger partial charge in [-0.1, -0.05) is 0 Å². The van der Waals surface area contributed by atoms with Gasteiger partial charge in [0.05, 0.1) is 19.1 Å². The highest BCUT2D eigenvalue weighted by molar-refractivity contribution is 5.80. The molecule has 2 saturated heterocycles. The number of nitrogens with zero attached hydrogens (tertiary/aromatic N) is 2. The number of carbonyl (C=O) groups excluding carboxylic acids is 2. The predicted molar refractivity (Wildman–Crippen MR) is 56.2 cm³/mol. The molecule has 6 nitrogen and oxygen atoms in total. The van der Waals surface area contributed by atoms with Gasteiger partial charge in [0.25, 0.3) is 5.91 Å². The van der Waals surface area contributed by atoms with Crippen molar-refractivity contribution < 1.29 is 14.4 Å². The van der Waals surface area contributed by atoms with Gasteiger partial charge in [-0.2, -0.15) is 0 Å². The molecule has 0 aromatic rings. The van der Waals surface area contributed by atoms with E-state index in [1.807, 2.05) is 0 Å². The van der Waals surface area contributed by atoms with E-state index in [1.54, 1.807) is 0 Å². The van der Waals surface area contributed by atoms with Crippen LogP contribution in [0.2, 0.25) is 0 Å². The molecule has 0 saturated carbocycles. The highest BCUT2D eigenvalue weighted by Gasteiger charge is 2.32. The molecule has 3 amide bonds. The monoisotopic (exact) mass is 227 g/mol. The topological polar surface area (TPSA) is 75.9 Å². The zero-order valence-corrected chi connectivity index (χ0v) is 9.22. The fourth-order valence-electron chi connectivity index (χ4n) is 2.20. The minimum atomic E-state index is -0.445. The second-order valence-electron chi connectivity index (χ2n) is 4.25. The number of primary amides is 1. The molecule has 1 unspecified atom stereocenters. The minimum absolute atomic E-state index is 0.0107. The lowest BCUT2D eigenvalue weighted by atomic mass is 9.97. The van der Waals surface area contributed by atoms with Gasteiger partial charge in [-0.25, -0.2) is 9.86 Å². The second kappa shape index (κ2) is 4.69. The summed E-state index contributed by atoms with van der Waals surface area (Å²) >= 11 is 0. The van der Waals surface area contributed by atoms with E-state index in [0.717, 1.165) is 19.3 Å². The third-order valence-electron chi connectivity index (χ3n) is 3.08. The summed E-state index contributed by atoms with van der Waals surface area (Å²) in [7, 11) is 0. The summed E-state index contributed by atoms with van der Waals surface area (Å²) in [6, 6.07) is -0.445. The van der Waals surface area contributed by atoms with Crippen LogP contribution in [0.4, 0.5) is 4.79 Å². The number of nitrogens with two attached hydrogens (primary N) is 1. The lowest BCUT2D eigenvalue weighted by Crippen LogP contribution is -2.47. The Kier molecular flexibility index (Phi) is 3.28. The summed E-state index contributed by atoms with van der Waals surface area (Å²) in [4.78, 5) is 29.8. The molecule has 1 atom stereocenters. The van der Waals surface area contributed by atoms with Crippen molar-refractivity contribution in [3.8, 4) is 0 Å². The van der Waals surface area contributed by atoms with Crippen molar-refractivity contribution >= 4 is 11.9 Å². The molecular weight excluding hydrogens is 210 g/mol. The summed E-state index contributed by atoms with van der Waals surface area (Å²) in [5.41, 5.74) is 5.21. The molecule has 0 aliphatic carbocycles. The van der Waals surface area contributed by atoms with Crippen molar-refractivity contribution in [1.82, 2.24) is 9.96 Å². The first-order chi connectivity index (χ1) is 7.68. The summed E-state index contributed by atoms with van der Waals surface area (Å²) in [6.07, 6.45) is 2.52. The van der Waals surface area contributed by atoms with Crippen molar-refractivity contribution in [1.29, 1.82) is 0 Å². The van der Waals surface area contributed by atoms with E-state index in [1.165, 1.54) is 9.96 Å². The van der Waals surface area contributed by atoms with Crippen LogP contribution >= 0.6 is 0 Å². The van der Waals surface area contributed by atoms with E-state index in [9.17, 15) is 9.59 Å². The first kappa shape index (κ1) is 11.2. The Morgan fingerprint density at radius 3 is 2.69 bits per heavy atom. The zero-order valence-electron chi connectivity index (χ0n) is 9.22. The van der Waals surface area contributed by atoms with Gasteiger partial charge < -0.3 is 10.6 Å². The number of hydrogen-bond donors (Lipinski definition) is 1. The molecule has 6 heteroatoms. The summed E-state index contributed by atoms with van der Waals surface area (Å²) in [6.45, 7) is 2.35. The quantitative estimate of drug-likeness (QED) is 0.682. The maximum Gasteiger partial charge on any atom is 0.314 e. The van der Waals surface area contributed by atoms with Gasteiger partial charge in [-0.15, -0.1) is 0 Å². The molecule has 2 heterocycles. The fraction of sp³-hybridized carbons (Fsp3) is 0.800. The Morgan fingerprint density at radius 1 is 1.25 bits per heavy atom. The van der Waals surface area contributed by atoms with Gasteiger partial charge in [0, 0.05) is 13.1 Å². The van der Waals surface area contributed by atoms with E-state index in [2.05, 4.69) is 0 Å². The third kappa shape index (κ3) is 2.27. The number of rotatable bonds is 1. The van der Waals surface area contributed by atoms with Crippen molar-refractivity contribution in [2.75, 3.05) is 26.2 Å². The number of amides is 3. The Morgan fingerprint density at radius 2 is 2.06 bits per heavy atom. The molecular formula is C10H17N3O3. The Balaban J connectivity index is 1.93. The van der Waals surface area contributed by atoms with Gasteiger partial charge in [-0.3, -0.25) is 9.63 Å². The van der Waals surface area contributed by atoms with Gasteiger partial charge in [0.2, 0.25) is 0 Å². The normalized spacial score (nSPS) is 25.9. The lowest BCUT2D eigenvalue weighted by Gasteiger charge is -2.32. The molecule has 2 aliphatic rings. The molecule has 2 rings (SSSR count). The molecule has 0 aromatic carbocycles. The van der Waals surface area contributed by atoms with Crippen molar-refractivity contribution in [3.05, 3.63) is 0 Å². The molecule has 2 N–H and O–H groups in total. The van der Waals surface area contributed by atoms with Gasteiger partial charge in [0.15, 0.2) is 0 Å². The highest BCUT2D eigenvalue weighted by Crippen LogP contribution is 2.20. The Labute approximate surface area is 94.3 Å². The van der Waals surface area contributed by atoms with Crippen LogP contribution in [0.5, 0.6) is 0 Å². The molecule has 0 bridgehead atoms. The minimum Gasteiger partial charge on any atom is -0.351 e. The first-order valence-electron chi connectivity index (χ1n) is 5.67. The van der Waals surface area contributed by atoms with Gasteiger partial charge in [-0.05, 0) is 19.3 Å². The molecule has 0 radical (unpaired) electrons. The smallest absolute Gasteiger partial charge is 0.314 e. The third-order valence-corrected chi connectivity index (χ3v) is 3.08. The Hall–Kier alpha value is -1.30. The number of carbonyl (C=O) groups is 2. The average Bonchev–Trinajstić information content (AvgIpc) is 2.81. The number of hydrogen-bond acceptors (Lipinski definition) is 3. The fourth-order valence-corrected chi connectivity index (χ4v) is 2.20. The van der Waals surface area contributed by atoms with Crippen LogP contribution in [-0.2, 0) is 9.63 Å². The van der Waals surface area contributed by atoms with Crippen LogP contribution in [-0.4, -0.2) is 48.1 Å². The highest BCUT2D eigenvalue weighted by atomic mass is 16.7. The SMILES string of the molecule is NC(=O)N1CCCC(C(=O)N2CCCO2)C1. The summed E-state index contributed by atoms with van der Waals surface area (Å²) in [5, 5.41) is 1.43. The van der Waals surface area contributed by atoms with E-state index < -0.39 is 6.03 Å². The van der Waals surface area contributed by atoms with E-state index in [4.69, 9.17) is 10.6 Å². The lowest BCUT2D eigenvalue weighted by molar-refractivity contribution is -0.174. The second-order valence-corrected chi connectivity index (χ2v) is 4.25. The van der Waals surface area contributed by atoms with Crippen molar-refractivity contribution in [3.63, 3.8) is 0 Å². The molecule has 0 aromatic heterocycles. The molecule has 16 heavy (non-hydrogen) atoms. The maximum atomic E-state index is 12.0. The molecule has 2 aliphatic heterocycles. The van der Waals surface area contributed by atoms with E-state index in [0.29, 0.717) is 26.2 Å². The van der Waals surface area contributed by atoms with E-state index >= 15 is 0 Å². The Bertz CT molecular complexity index is 289. The van der Waals surface area contributed by atoms with Gasteiger partial charge >= 0.3 is 6.03 Å². The molecule has 90 valence electrons. The number of urea groups is 1.